The van der Waals surface area contributed by atoms with Gasteiger partial charge in [0.05, 0.1) is 5.38 Å². The van der Waals surface area contributed by atoms with Crippen molar-refractivity contribution in [1.82, 2.24) is 4.90 Å². The monoisotopic (exact) mass is 161 g/mol. The van der Waals surface area contributed by atoms with Gasteiger partial charge in [-0.2, -0.15) is 0 Å². The Balaban J connectivity index is 2.39. The molecule has 0 aromatic rings. The van der Waals surface area contributed by atoms with Crippen LogP contribution in [0.5, 0.6) is 0 Å². The standard InChI is InChI=1S/C7H12ClNO/c1-6(10)9-4-2-3-7(8)5-9/h7H,2-5H2,1H3/t7-/m1/s1. The average Bonchev–Trinajstić information content (AvgIpc) is 1.88. The Bertz CT molecular complexity index is 138. The number of carbonyl (C=O) groups excluding carboxylic acids is 1. The third kappa shape index (κ3) is 1.87. The van der Waals surface area contributed by atoms with Crippen molar-refractivity contribution in [3.8, 4) is 0 Å². The first kappa shape index (κ1) is 7.86. The summed E-state index contributed by atoms with van der Waals surface area (Å²) in [7, 11) is 0. The van der Waals surface area contributed by atoms with Crippen molar-refractivity contribution < 1.29 is 4.79 Å². The Labute approximate surface area is 66.1 Å². The summed E-state index contributed by atoms with van der Waals surface area (Å²) < 4.78 is 0. The fraction of sp³-hybridized carbons (Fsp3) is 0.857. The van der Waals surface area contributed by atoms with E-state index < -0.39 is 0 Å². The Morgan fingerprint density at radius 2 is 2.40 bits per heavy atom. The second kappa shape index (κ2) is 3.24. The summed E-state index contributed by atoms with van der Waals surface area (Å²) in [6, 6.07) is 0. The Morgan fingerprint density at radius 3 is 2.80 bits per heavy atom. The van der Waals surface area contributed by atoms with Gasteiger partial charge in [-0.3, -0.25) is 4.79 Å². The van der Waals surface area contributed by atoms with Gasteiger partial charge in [-0.15, -0.1) is 11.6 Å². The molecule has 0 unspecified atom stereocenters. The number of hydrogen-bond acceptors (Lipinski definition) is 1. The first-order valence-corrected chi connectivity index (χ1v) is 4.03. The lowest BCUT2D eigenvalue weighted by molar-refractivity contribution is -0.129. The predicted molar refractivity (Wildman–Crippen MR) is 41.1 cm³/mol. The molecule has 1 atom stereocenters. The summed E-state index contributed by atoms with van der Waals surface area (Å²) in [5, 5.41) is 0.178. The van der Waals surface area contributed by atoms with E-state index in [9.17, 15) is 4.79 Å². The number of piperidine rings is 1. The zero-order valence-corrected chi connectivity index (χ0v) is 6.90. The summed E-state index contributed by atoms with van der Waals surface area (Å²) in [5.41, 5.74) is 0. The fourth-order valence-corrected chi connectivity index (χ4v) is 1.53. The fourth-order valence-electron chi connectivity index (χ4n) is 1.21. The van der Waals surface area contributed by atoms with E-state index in [1.807, 2.05) is 0 Å². The van der Waals surface area contributed by atoms with Crippen LogP contribution in [0.1, 0.15) is 19.8 Å². The molecule has 1 amide bonds. The molecule has 0 bridgehead atoms. The van der Waals surface area contributed by atoms with Gasteiger partial charge >= 0.3 is 0 Å². The highest BCUT2D eigenvalue weighted by molar-refractivity contribution is 6.20. The summed E-state index contributed by atoms with van der Waals surface area (Å²) in [4.78, 5) is 12.6. The van der Waals surface area contributed by atoms with Crippen molar-refractivity contribution in [1.29, 1.82) is 0 Å². The van der Waals surface area contributed by atoms with Gasteiger partial charge in [-0.25, -0.2) is 0 Å². The highest BCUT2D eigenvalue weighted by atomic mass is 35.5. The normalized spacial score (nSPS) is 26.6. The number of rotatable bonds is 0. The number of likely N-dealkylation sites (tertiary alicyclic amines) is 1. The molecule has 1 rings (SSSR count). The molecule has 2 nitrogen and oxygen atoms in total. The van der Waals surface area contributed by atoms with E-state index in [4.69, 9.17) is 11.6 Å². The SMILES string of the molecule is CC(=O)N1CCC[C@@H](Cl)C1. The van der Waals surface area contributed by atoms with Gasteiger partial charge in [-0.1, -0.05) is 0 Å². The van der Waals surface area contributed by atoms with Gasteiger partial charge in [0, 0.05) is 20.0 Å². The molecular formula is C7H12ClNO. The van der Waals surface area contributed by atoms with Crippen LogP contribution in [0.2, 0.25) is 0 Å². The first-order valence-electron chi connectivity index (χ1n) is 3.59. The molecule has 1 saturated heterocycles. The highest BCUT2D eigenvalue weighted by Gasteiger charge is 2.18. The molecule has 0 saturated carbocycles. The largest absolute Gasteiger partial charge is 0.341 e. The third-order valence-electron chi connectivity index (χ3n) is 1.81. The van der Waals surface area contributed by atoms with Crippen LogP contribution in [-0.2, 0) is 4.79 Å². The maximum absolute atomic E-state index is 10.8. The minimum atomic E-state index is 0.144. The Kier molecular flexibility index (Phi) is 2.55. The van der Waals surface area contributed by atoms with Crippen LogP contribution in [0, 0.1) is 0 Å². The molecule has 0 aliphatic carbocycles. The van der Waals surface area contributed by atoms with Crippen LogP contribution in [0.4, 0.5) is 0 Å². The van der Waals surface area contributed by atoms with Gasteiger partial charge in [-0.05, 0) is 12.8 Å². The average molecular weight is 162 g/mol. The second-order valence-corrected chi connectivity index (χ2v) is 3.32. The number of amides is 1. The van der Waals surface area contributed by atoms with Crippen LogP contribution in [0.25, 0.3) is 0 Å². The molecule has 1 fully saturated rings. The van der Waals surface area contributed by atoms with Gasteiger partial charge in [0.1, 0.15) is 0 Å². The Morgan fingerprint density at radius 1 is 1.70 bits per heavy atom. The molecule has 0 aromatic heterocycles. The molecular weight excluding hydrogens is 150 g/mol. The highest BCUT2D eigenvalue weighted by Crippen LogP contribution is 2.14. The quantitative estimate of drug-likeness (QED) is 0.490. The lowest BCUT2D eigenvalue weighted by Crippen LogP contribution is -2.38. The van der Waals surface area contributed by atoms with Crippen LogP contribution < -0.4 is 0 Å². The minimum Gasteiger partial charge on any atom is -0.341 e. The summed E-state index contributed by atoms with van der Waals surface area (Å²) in [5.74, 6) is 0.144. The van der Waals surface area contributed by atoms with E-state index >= 15 is 0 Å². The minimum absolute atomic E-state index is 0.144. The van der Waals surface area contributed by atoms with Crippen molar-refractivity contribution in [2.24, 2.45) is 0 Å². The van der Waals surface area contributed by atoms with Gasteiger partial charge in [0.2, 0.25) is 5.91 Å². The Hall–Kier alpha value is -0.240. The van der Waals surface area contributed by atoms with E-state index in [0.29, 0.717) is 0 Å². The molecule has 1 heterocycles. The van der Waals surface area contributed by atoms with Crippen molar-refractivity contribution >= 4 is 17.5 Å². The van der Waals surface area contributed by atoms with Gasteiger partial charge in [0.25, 0.3) is 0 Å². The maximum Gasteiger partial charge on any atom is 0.219 e. The lowest BCUT2D eigenvalue weighted by atomic mass is 10.1. The number of hydrogen-bond donors (Lipinski definition) is 0. The van der Waals surface area contributed by atoms with Crippen LogP contribution in [0.15, 0.2) is 0 Å². The molecule has 0 N–H and O–H groups in total. The van der Waals surface area contributed by atoms with Gasteiger partial charge < -0.3 is 4.90 Å². The third-order valence-corrected chi connectivity index (χ3v) is 2.17. The topological polar surface area (TPSA) is 20.3 Å². The van der Waals surface area contributed by atoms with Crippen LogP contribution in [-0.4, -0.2) is 29.3 Å². The van der Waals surface area contributed by atoms with Crippen molar-refractivity contribution in [2.75, 3.05) is 13.1 Å². The molecule has 0 radical (unpaired) electrons. The summed E-state index contributed by atoms with van der Waals surface area (Å²) in [6.07, 6.45) is 2.10. The molecule has 0 spiro atoms. The van der Waals surface area contributed by atoms with E-state index in [-0.39, 0.29) is 11.3 Å². The second-order valence-electron chi connectivity index (χ2n) is 2.70. The summed E-state index contributed by atoms with van der Waals surface area (Å²) in [6.45, 7) is 3.21. The number of carbonyl (C=O) groups is 1. The van der Waals surface area contributed by atoms with E-state index in [1.165, 1.54) is 0 Å². The molecule has 58 valence electrons. The van der Waals surface area contributed by atoms with Crippen molar-refractivity contribution in [2.45, 2.75) is 25.1 Å². The molecule has 10 heavy (non-hydrogen) atoms. The zero-order chi connectivity index (χ0) is 7.56. The number of alkyl halides is 1. The van der Waals surface area contributed by atoms with E-state index in [1.54, 1.807) is 11.8 Å². The zero-order valence-electron chi connectivity index (χ0n) is 6.14. The first-order chi connectivity index (χ1) is 4.70. The van der Waals surface area contributed by atoms with Gasteiger partial charge in [0.15, 0.2) is 0 Å². The lowest BCUT2D eigenvalue weighted by Gasteiger charge is -2.28. The van der Waals surface area contributed by atoms with Crippen molar-refractivity contribution in [3.05, 3.63) is 0 Å². The molecule has 1 aliphatic heterocycles. The smallest absolute Gasteiger partial charge is 0.219 e. The number of nitrogens with zero attached hydrogens (tertiary/aromatic N) is 1. The molecule has 3 heteroatoms. The van der Waals surface area contributed by atoms with E-state index in [0.717, 1.165) is 25.9 Å². The maximum atomic E-state index is 10.8. The predicted octanol–water partition coefficient (Wildman–Crippen LogP) is 1.24. The molecule has 1 aliphatic rings. The number of halogens is 1. The van der Waals surface area contributed by atoms with E-state index in [2.05, 4.69) is 0 Å². The molecule has 0 aromatic carbocycles. The van der Waals surface area contributed by atoms with Crippen LogP contribution in [0.3, 0.4) is 0 Å². The summed E-state index contributed by atoms with van der Waals surface area (Å²) >= 11 is 5.86. The van der Waals surface area contributed by atoms with Crippen molar-refractivity contribution in [3.63, 3.8) is 0 Å². The van der Waals surface area contributed by atoms with Crippen LogP contribution >= 0.6 is 11.6 Å².